The van der Waals surface area contributed by atoms with Crippen molar-refractivity contribution in [2.24, 2.45) is 0 Å². The first-order chi connectivity index (χ1) is 12.6. The van der Waals surface area contributed by atoms with Gasteiger partial charge in [0.15, 0.2) is 5.76 Å². The predicted octanol–water partition coefficient (Wildman–Crippen LogP) is 3.61. The van der Waals surface area contributed by atoms with Crippen LogP contribution >= 0.6 is 0 Å². The van der Waals surface area contributed by atoms with Crippen molar-refractivity contribution in [2.75, 3.05) is 29.1 Å². The summed E-state index contributed by atoms with van der Waals surface area (Å²) < 4.78 is 5.07. The van der Waals surface area contributed by atoms with Crippen molar-refractivity contribution in [2.45, 2.75) is 0 Å². The van der Waals surface area contributed by atoms with Crippen LogP contribution in [0.2, 0.25) is 0 Å². The summed E-state index contributed by atoms with van der Waals surface area (Å²) >= 11 is 0. The molecule has 2 N–H and O–H groups in total. The molecule has 6 nitrogen and oxygen atoms in total. The van der Waals surface area contributed by atoms with Gasteiger partial charge in [-0.05, 0) is 42.5 Å². The normalized spacial score (nSPS) is 10.2. The smallest absolute Gasteiger partial charge is 0.291 e. The van der Waals surface area contributed by atoms with Crippen molar-refractivity contribution in [3.8, 4) is 0 Å². The topological polar surface area (TPSA) is 74.6 Å². The van der Waals surface area contributed by atoms with Crippen LogP contribution in [0.1, 0.15) is 10.6 Å². The molecule has 2 aromatic carbocycles. The number of rotatable bonds is 6. The Kier molecular flexibility index (Phi) is 5.34. The van der Waals surface area contributed by atoms with E-state index in [2.05, 4.69) is 10.6 Å². The summed E-state index contributed by atoms with van der Waals surface area (Å²) in [5.74, 6) is -0.156. The summed E-state index contributed by atoms with van der Waals surface area (Å²) in [5, 5.41) is 5.83. The van der Waals surface area contributed by atoms with Crippen molar-refractivity contribution in [1.29, 1.82) is 0 Å². The van der Waals surface area contributed by atoms with E-state index in [9.17, 15) is 9.59 Å². The van der Waals surface area contributed by atoms with Crippen LogP contribution in [-0.2, 0) is 4.79 Å². The number of para-hydroxylation sites is 1. The SMILES string of the molecule is CN(C(=O)CNc1cccc(NC(=O)c2ccco2)c1)c1ccccc1. The minimum atomic E-state index is -0.327. The Balaban J connectivity index is 1.58. The first-order valence-corrected chi connectivity index (χ1v) is 8.14. The lowest BCUT2D eigenvalue weighted by Crippen LogP contribution is -2.32. The van der Waals surface area contributed by atoms with E-state index in [1.165, 1.54) is 6.26 Å². The molecular formula is C20H19N3O3. The summed E-state index contributed by atoms with van der Waals surface area (Å²) in [6, 6.07) is 19.8. The van der Waals surface area contributed by atoms with Crippen LogP contribution in [0.5, 0.6) is 0 Å². The molecule has 1 aromatic heterocycles. The lowest BCUT2D eigenvalue weighted by molar-refractivity contribution is -0.116. The molecule has 0 radical (unpaired) electrons. The highest BCUT2D eigenvalue weighted by Gasteiger charge is 2.11. The Morgan fingerprint density at radius 1 is 0.962 bits per heavy atom. The van der Waals surface area contributed by atoms with Gasteiger partial charge >= 0.3 is 0 Å². The number of nitrogens with one attached hydrogen (secondary N) is 2. The third-order valence-corrected chi connectivity index (χ3v) is 3.83. The van der Waals surface area contributed by atoms with Crippen molar-refractivity contribution >= 4 is 28.9 Å². The summed E-state index contributed by atoms with van der Waals surface area (Å²) in [4.78, 5) is 25.9. The van der Waals surface area contributed by atoms with Gasteiger partial charge in [-0.3, -0.25) is 9.59 Å². The molecule has 3 rings (SSSR count). The largest absolute Gasteiger partial charge is 0.459 e. The van der Waals surface area contributed by atoms with Gasteiger partial charge in [-0.1, -0.05) is 24.3 Å². The highest BCUT2D eigenvalue weighted by Crippen LogP contribution is 2.17. The van der Waals surface area contributed by atoms with E-state index in [1.54, 1.807) is 42.3 Å². The van der Waals surface area contributed by atoms with Crippen LogP contribution in [0.3, 0.4) is 0 Å². The molecule has 0 unspecified atom stereocenters. The van der Waals surface area contributed by atoms with E-state index in [-0.39, 0.29) is 24.1 Å². The standard InChI is InChI=1S/C20H19N3O3/c1-23(17-9-3-2-4-10-17)19(24)14-21-15-7-5-8-16(13-15)22-20(25)18-11-6-12-26-18/h2-13,21H,14H2,1H3,(H,22,25). The Morgan fingerprint density at radius 2 is 1.73 bits per heavy atom. The fourth-order valence-corrected chi connectivity index (χ4v) is 2.40. The van der Waals surface area contributed by atoms with Crippen molar-refractivity contribution in [3.63, 3.8) is 0 Å². The number of hydrogen-bond donors (Lipinski definition) is 2. The lowest BCUT2D eigenvalue weighted by atomic mass is 10.2. The molecule has 1 heterocycles. The molecule has 0 atom stereocenters. The monoisotopic (exact) mass is 349 g/mol. The number of likely N-dealkylation sites (N-methyl/N-ethyl adjacent to an activating group) is 1. The van der Waals surface area contributed by atoms with E-state index in [1.807, 2.05) is 36.4 Å². The molecule has 0 spiro atoms. The Bertz CT molecular complexity index is 876. The number of hydrogen-bond acceptors (Lipinski definition) is 4. The predicted molar refractivity (Wildman–Crippen MR) is 101 cm³/mol. The van der Waals surface area contributed by atoms with Crippen LogP contribution in [0.15, 0.2) is 77.4 Å². The molecule has 2 amide bonds. The number of amides is 2. The molecule has 0 aliphatic heterocycles. The number of nitrogens with zero attached hydrogens (tertiary/aromatic N) is 1. The molecular weight excluding hydrogens is 330 g/mol. The van der Waals surface area contributed by atoms with E-state index >= 15 is 0 Å². The number of carbonyl (C=O) groups is 2. The number of anilines is 3. The molecule has 26 heavy (non-hydrogen) atoms. The van der Waals surface area contributed by atoms with Gasteiger partial charge in [0.05, 0.1) is 12.8 Å². The zero-order chi connectivity index (χ0) is 18.4. The van der Waals surface area contributed by atoms with E-state index in [0.29, 0.717) is 5.69 Å². The minimum absolute atomic E-state index is 0.0683. The zero-order valence-electron chi connectivity index (χ0n) is 14.3. The second kappa shape index (κ2) is 8.02. The fraction of sp³-hybridized carbons (Fsp3) is 0.100. The maximum atomic E-state index is 12.3. The first-order valence-electron chi connectivity index (χ1n) is 8.14. The van der Waals surface area contributed by atoms with Crippen molar-refractivity contribution < 1.29 is 14.0 Å². The number of carbonyl (C=O) groups excluding carboxylic acids is 2. The van der Waals surface area contributed by atoms with Crippen LogP contribution < -0.4 is 15.5 Å². The highest BCUT2D eigenvalue weighted by molar-refractivity contribution is 6.02. The summed E-state index contributed by atoms with van der Waals surface area (Å²) in [5.41, 5.74) is 2.18. The van der Waals surface area contributed by atoms with Crippen molar-refractivity contribution in [1.82, 2.24) is 0 Å². The summed E-state index contributed by atoms with van der Waals surface area (Å²) in [7, 11) is 1.74. The minimum Gasteiger partial charge on any atom is -0.459 e. The van der Waals surface area contributed by atoms with Gasteiger partial charge in [0.25, 0.3) is 5.91 Å². The molecule has 3 aromatic rings. The first kappa shape index (κ1) is 17.3. The second-order valence-corrected chi connectivity index (χ2v) is 5.65. The van der Waals surface area contributed by atoms with Gasteiger partial charge in [-0.15, -0.1) is 0 Å². The molecule has 132 valence electrons. The van der Waals surface area contributed by atoms with Gasteiger partial charge in [0.1, 0.15) is 0 Å². The van der Waals surface area contributed by atoms with Gasteiger partial charge in [-0.2, -0.15) is 0 Å². The average molecular weight is 349 g/mol. The van der Waals surface area contributed by atoms with E-state index in [4.69, 9.17) is 4.42 Å². The number of benzene rings is 2. The molecule has 0 aliphatic carbocycles. The van der Waals surface area contributed by atoms with Crippen molar-refractivity contribution in [3.05, 3.63) is 78.8 Å². The van der Waals surface area contributed by atoms with E-state index in [0.717, 1.165) is 11.4 Å². The van der Waals surface area contributed by atoms with Gasteiger partial charge in [0.2, 0.25) is 5.91 Å². The third kappa shape index (κ3) is 4.30. The highest BCUT2D eigenvalue weighted by atomic mass is 16.3. The van der Waals surface area contributed by atoms with Crippen LogP contribution in [0, 0.1) is 0 Å². The molecule has 6 heteroatoms. The quantitative estimate of drug-likeness (QED) is 0.713. The lowest BCUT2D eigenvalue weighted by Gasteiger charge is -2.18. The van der Waals surface area contributed by atoms with Gasteiger partial charge in [-0.25, -0.2) is 0 Å². The summed E-state index contributed by atoms with van der Waals surface area (Å²) in [6.07, 6.45) is 1.45. The third-order valence-electron chi connectivity index (χ3n) is 3.83. The molecule has 0 fully saturated rings. The molecule has 0 aliphatic rings. The molecule has 0 bridgehead atoms. The van der Waals surface area contributed by atoms with Gasteiger partial charge < -0.3 is 20.0 Å². The fourth-order valence-electron chi connectivity index (χ4n) is 2.40. The average Bonchev–Trinajstić information content (AvgIpc) is 3.21. The summed E-state index contributed by atoms with van der Waals surface area (Å²) in [6.45, 7) is 0.140. The second-order valence-electron chi connectivity index (χ2n) is 5.65. The molecule has 0 saturated heterocycles. The van der Waals surface area contributed by atoms with Crippen LogP contribution in [0.4, 0.5) is 17.1 Å². The maximum absolute atomic E-state index is 12.3. The van der Waals surface area contributed by atoms with Crippen LogP contribution in [-0.4, -0.2) is 25.4 Å². The Morgan fingerprint density at radius 3 is 2.46 bits per heavy atom. The molecule has 0 saturated carbocycles. The van der Waals surface area contributed by atoms with E-state index < -0.39 is 0 Å². The van der Waals surface area contributed by atoms with Gasteiger partial charge in [0, 0.05) is 24.1 Å². The Labute approximate surface area is 151 Å². The van der Waals surface area contributed by atoms with Crippen LogP contribution in [0.25, 0.3) is 0 Å². The number of furan rings is 1. The zero-order valence-corrected chi connectivity index (χ0v) is 14.3. The maximum Gasteiger partial charge on any atom is 0.291 e. The Hall–Kier alpha value is -3.54.